The standard InChI is InChI=1S/C8H15NO5/c1-8(2,3)14-9-6(10)4-13-5-7(11)12/h4-5H2,1-3H3,(H,9,10)(H,11,12). The Balaban J connectivity index is 3.52. The molecular formula is C8H15NO5. The predicted molar refractivity (Wildman–Crippen MR) is 47.4 cm³/mol. The minimum absolute atomic E-state index is 0.331. The van der Waals surface area contributed by atoms with Gasteiger partial charge in [-0.25, -0.2) is 10.3 Å². The predicted octanol–water partition coefficient (Wildman–Crippen LogP) is -0.0661. The lowest BCUT2D eigenvalue weighted by Gasteiger charge is -2.18. The number of hydroxylamine groups is 1. The normalized spacial score (nSPS) is 11.1. The zero-order chi connectivity index (χ0) is 11.2. The molecule has 0 aromatic carbocycles. The monoisotopic (exact) mass is 205 g/mol. The summed E-state index contributed by atoms with van der Waals surface area (Å²) in [7, 11) is 0. The second-order valence-electron chi connectivity index (χ2n) is 3.63. The average Bonchev–Trinajstić information content (AvgIpc) is 1.99. The number of aliphatic carboxylic acids is 1. The lowest BCUT2D eigenvalue weighted by atomic mass is 10.2. The Morgan fingerprint density at radius 3 is 2.29 bits per heavy atom. The molecule has 82 valence electrons. The SMILES string of the molecule is CC(C)(C)ONC(=O)COCC(=O)O. The Labute approximate surface area is 82.1 Å². The third-order valence-corrected chi connectivity index (χ3v) is 0.930. The van der Waals surface area contributed by atoms with Crippen molar-refractivity contribution in [1.29, 1.82) is 0 Å². The van der Waals surface area contributed by atoms with Crippen molar-refractivity contribution in [2.24, 2.45) is 0 Å². The second kappa shape index (κ2) is 5.56. The highest BCUT2D eigenvalue weighted by Crippen LogP contribution is 2.02. The van der Waals surface area contributed by atoms with E-state index >= 15 is 0 Å². The number of hydrogen-bond acceptors (Lipinski definition) is 4. The van der Waals surface area contributed by atoms with Crippen LogP contribution in [-0.4, -0.2) is 35.8 Å². The smallest absolute Gasteiger partial charge is 0.329 e. The van der Waals surface area contributed by atoms with Crippen LogP contribution in [0.5, 0.6) is 0 Å². The number of carboxylic acid groups (broad SMARTS) is 1. The molecule has 0 aromatic heterocycles. The fraction of sp³-hybridized carbons (Fsp3) is 0.750. The summed E-state index contributed by atoms with van der Waals surface area (Å²) in [5, 5.41) is 8.20. The first-order valence-electron chi connectivity index (χ1n) is 4.07. The Kier molecular flexibility index (Phi) is 5.11. The molecule has 6 nitrogen and oxygen atoms in total. The number of carboxylic acids is 1. The minimum Gasteiger partial charge on any atom is -0.480 e. The highest BCUT2D eigenvalue weighted by atomic mass is 16.7. The highest BCUT2D eigenvalue weighted by molar-refractivity contribution is 5.76. The summed E-state index contributed by atoms with van der Waals surface area (Å²) >= 11 is 0. The molecule has 0 aliphatic rings. The van der Waals surface area contributed by atoms with Gasteiger partial charge in [0.15, 0.2) is 0 Å². The van der Waals surface area contributed by atoms with Crippen LogP contribution in [0.2, 0.25) is 0 Å². The lowest BCUT2D eigenvalue weighted by Crippen LogP contribution is -2.36. The van der Waals surface area contributed by atoms with Crippen molar-refractivity contribution in [3.63, 3.8) is 0 Å². The van der Waals surface area contributed by atoms with E-state index in [1.54, 1.807) is 20.8 Å². The van der Waals surface area contributed by atoms with Gasteiger partial charge in [0.25, 0.3) is 5.91 Å². The second-order valence-corrected chi connectivity index (χ2v) is 3.63. The van der Waals surface area contributed by atoms with Gasteiger partial charge >= 0.3 is 5.97 Å². The van der Waals surface area contributed by atoms with Crippen LogP contribution in [0.4, 0.5) is 0 Å². The van der Waals surface area contributed by atoms with Gasteiger partial charge in [-0.15, -0.1) is 0 Å². The molecule has 0 aliphatic heterocycles. The zero-order valence-electron chi connectivity index (χ0n) is 8.49. The summed E-state index contributed by atoms with van der Waals surface area (Å²) in [5.41, 5.74) is 1.66. The van der Waals surface area contributed by atoms with Gasteiger partial charge in [-0.3, -0.25) is 9.63 Å². The van der Waals surface area contributed by atoms with E-state index in [1.165, 1.54) is 0 Å². The van der Waals surface area contributed by atoms with Crippen molar-refractivity contribution in [2.45, 2.75) is 26.4 Å². The zero-order valence-corrected chi connectivity index (χ0v) is 8.49. The highest BCUT2D eigenvalue weighted by Gasteiger charge is 2.12. The molecule has 0 aromatic rings. The van der Waals surface area contributed by atoms with E-state index in [9.17, 15) is 9.59 Å². The van der Waals surface area contributed by atoms with E-state index in [4.69, 9.17) is 9.94 Å². The average molecular weight is 205 g/mol. The van der Waals surface area contributed by atoms with Gasteiger partial charge < -0.3 is 9.84 Å². The van der Waals surface area contributed by atoms with Crippen molar-refractivity contribution >= 4 is 11.9 Å². The summed E-state index contributed by atoms with van der Waals surface area (Å²) in [6.45, 7) is 4.48. The van der Waals surface area contributed by atoms with Gasteiger partial charge in [0.1, 0.15) is 13.2 Å². The van der Waals surface area contributed by atoms with Crippen LogP contribution >= 0.6 is 0 Å². The molecule has 0 rings (SSSR count). The van der Waals surface area contributed by atoms with E-state index in [1.807, 2.05) is 0 Å². The third kappa shape index (κ3) is 8.95. The number of carbonyl (C=O) groups is 2. The van der Waals surface area contributed by atoms with Crippen molar-refractivity contribution in [3.05, 3.63) is 0 Å². The maximum Gasteiger partial charge on any atom is 0.329 e. The first-order valence-corrected chi connectivity index (χ1v) is 4.07. The molecule has 2 N–H and O–H groups in total. The van der Waals surface area contributed by atoms with Crippen molar-refractivity contribution in [2.75, 3.05) is 13.2 Å². The van der Waals surface area contributed by atoms with Gasteiger partial charge in [-0.2, -0.15) is 0 Å². The van der Waals surface area contributed by atoms with E-state index < -0.39 is 24.1 Å². The van der Waals surface area contributed by atoms with Crippen LogP contribution in [0.1, 0.15) is 20.8 Å². The van der Waals surface area contributed by atoms with Gasteiger partial charge in [0.05, 0.1) is 5.60 Å². The third-order valence-electron chi connectivity index (χ3n) is 0.930. The van der Waals surface area contributed by atoms with E-state index in [2.05, 4.69) is 10.2 Å². The van der Waals surface area contributed by atoms with E-state index in [0.717, 1.165) is 0 Å². The number of rotatable bonds is 5. The largest absolute Gasteiger partial charge is 0.480 e. The number of carbonyl (C=O) groups excluding carboxylic acids is 1. The van der Waals surface area contributed by atoms with Crippen molar-refractivity contribution in [1.82, 2.24) is 5.48 Å². The van der Waals surface area contributed by atoms with Crippen LogP contribution in [0.25, 0.3) is 0 Å². The first-order chi connectivity index (χ1) is 6.31. The fourth-order valence-electron chi connectivity index (χ4n) is 0.471. The van der Waals surface area contributed by atoms with Gasteiger partial charge in [-0.1, -0.05) is 0 Å². The lowest BCUT2D eigenvalue weighted by molar-refractivity contribution is -0.153. The maximum atomic E-state index is 10.9. The minimum atomic E-state index is -1.12. The van der Waals surface area contributed by atoms with Gasteiger partial charge in [0.2, 0.25) is 0 Å². The number of ether oxygens (including phenoxy) is 1. The summed E-state index contributed by atoms with van der Waals surface area (Å²) in [5.74, 6) is -1.63. The molecule has 0 fully saturated rings. The van der Waals surface area contributed by atoms with Gasteiger partial charge in [0, 0.05) is 0 Å². The Morgan fingerprint density at radius 1 is 1.29 bits per heavy atom. The topological polar surface area (TPSA) is 84.9 Å². The van der Waals surface area contributed by atoms with Crippen LogP contribution in [0.15, 0.2) is 0 Å². The molecule has 0 unspecified atom stereocenters. The van der Waals surface area contributed by atoms with Crippen LogP contribution in [0, 0.1) is 0 Å². The molecule has 0 heterocycles. The molecule has 0 atom stereocenters. The Morgan fingerprint density at radius 2 is 1.86 bits per heavy atom. The number of amides is 1. The number of nitrogens with one attached hydrogen (secondary N) is 1. The van der Waals surface area contributed by atoms with Crippen LogP contribution in [0.3, 0.4) is 0 Å². The molecule has 1 amide bonds. The molecule has 0 radical (unpaired) electrons. The molecule has 14 heavy (non-hydrogen) atoms. The van der Waals surface area contributed by atoms with Crippen molar-refractivity contribution < 1.29 is 24.3 Å². The molecular weight excluding hydrogens is 190 g/mol. The van der Waals surface area contributed by atoms with Crippen LogP contribution in [-0.2, 0) is 19.2 Å². The molecule has 0 bridgehead atoms. The Hall–Kier alpha value is -1.14. The van der Waals surface area contributed by atoms with E-state index in [-0.39, 0.29) is 6.61 Å². The summed E-state index contributed by atoms with van der Waals surface area (Å²) in [6.07, 6.45) is 0. The summed E-state index contributed by atoms with van der Waals surface area (Å²) in [6, 6.07) is 0. The first kappa shape index (κ1) is 12.9. The fourth-order valence-corrected chi connectivity index (χ4v) is 0.471. The molecule has 0 spiro atoms. The Bertz CT molecular complexity index is 208. The van der Waals surface area contributed by atoms with Crippen LogP contribution < -0.4 is 5.48 Å². The molecule has 0 saturated heterocycles. The number of hydrogen-bond donors (Lipinski definition) is 2. The maximum absolute atomic E-state index is 10.9. The molecule has 0 aliphatic carbocycles. The van der Waals surface area contributed by atoms with E-state index in [0.29, 0.717) is 0 Å². The quantitative estimate of drug-likeness (QED) is 0.614. The molecule has 6 heteroatoms. The van der Waals surface area contributed by atoms with Crippen molar-refractivity contribution in [3.8, 4) is 0 Å². The van der Waals surface area contributed by atoms with Gasteiger partial charge in [-0.05, 0) is 20.8 Å². The summed E-state index contributed by atoms with van der Waals surface area (Å²) in [4.78, 5) is 25.8. The summed E-state index contributed by atoms with van der Waals surface area (Å²) < 4.78 is 4.53. The molecule has 0 saturated carbocycles.